The summed E-state index contributed by atoms with van der Waals surface area (Å²) < 4.78 is 12.3. The van der Waals surface area contributed by atoms with Gasteiger partial charge in [0, 0.05) is 45.3 Å². The minimum atomic E-state index is 0.207. The van der Waals surface area contributed by atoms with Gasteiger partial charge in [-0.05, 0) is 31.9 Å². The topological polar surface area (TPSA) is 52.6 Å². The van der Waals surface area contributed by atoms with Crippen molar-refractivity contribution in [3.05, 3.63) is 35.9 Å². The molecular weight excluding hydrogens is 390 g/mol. The van der Waals surface area contributed by atoms with Crippen LogP contribution in [0.1, 0.15) is 25.3 Å². The molecule has 4 aliphatic rings. The molecule has 0 spiro atoms. The number of guanidine groups is 1. The fourth-order valence-electron chi connectivity index (χ4n) is 5.56. The van der Waals surface area contributed by atoms with Gasteiger partial charge in [0.05, 0.1) is 38.0 Å². The zero-order valence-electron chi connectivity index (χ0n) is 18.8. The third kappa shape index (κ3) is 4.90. The van der Waals surface area contributed by atoms with Gasteiger partial charge in [-0.15, -0.1) is 0 Å². The highest BCUT2D eigenvalue weighted by molar-refractivity contribution is 5.80. The molecule has 31 heavy (non-hydrogen) atoms. The predicted octanol–water partition coefficient (Wildman–Crippen LogP) is 1.40. The Hall–Kier alpha value is -1.67. The Bertz CT molecular complexity index is 745. The number of rotatable bonds is 5. The Morgan fingerprint density at radius 1 is 1.13 bits per heavy atom. The normalized spacial score (nSPS) is 32.2. The van der Waals surface area contributed by atoms with Crippen LogP contribution in [0.4, 0.5) is 0 Å². The largest absolute Gasteiger partial charge is 0.373 e. The monoisotopic (exact) mass is 427 g/mol. The molecule has 1 aromatic rings. The van der Waals surface area contributed by atoms with Crippen LogP contribution in [0.25, 0.3) is 0 Å². The van der Waals surface area contributed by atoms with Crippen LogP contribution in [0.15, 0.2) is 35.3 Å². The van der Waals surface area contributed by atoms with Gasteiger partial charge in [0.2, 0.25) is 0 Å². The van der Waals surface area contributed by atoms with Gasteiger partial charge in [0.1, 0.15) is 0 Å². The van der Waals surface area contributed by atoms with E-state index in [0.29, 0.717) is 12.1 Å². The minimum absolute atomic E-state index is 0.207. The van der Waals surface area contributed by atoms with Gasteiger partial charge in [-0.2, -0.15) is 0 Å². The summed E-state index contributed by atoms with van der Waals surface area (Å²) in [6.45, 7) is 11.5. The van der Waals surface area contributed by atoms with E-state index in [0.717, 1.165) is 65.0 Å². The molecule has 7 heteroatoms. The molecule has 4 aliphatic heterocycles. The number of ether oxygens (including phenoxy) is 2. The van der Waals surface area contributed by atoms with Gasteiger partial charge in [-0.25, -0.2) is 0 Å². The van der Waals surface area contributed by atoms with Crippen molar-refractivity contribution >= 4 is 5.96 Å². The minimum Gasteiger partial charge on any atom is -0.373 e. The summed E-state index contributed by atoms with van der Waals surface area (Å²) in [5.74, 6) is 1.01. The molecule has 0 saturated carbocycles. The van der Waals surface area contributed by atoms with Crippen molar-refractivity contribution in [2.75, 3.05) is 59.0 Å². The summed E-state index contributed by atoms with van der Waals surface area (Å²) in [6.07, 6.45) is 3.05. The van der Waals surface area contributed by atoms with E-state index in [4.69, 9.17) is 14.5 Å². The maximum absolute atomic E-state index is 6.17. The number of hydrogen-bond acceptors (Lipinski definition) is 5. The molecule has 0 radical (unpaired) electrons. The van der Waals surface area contributed by atoms with Gasteiger partial charge in [0.15, 0.2) is 5.96 Å². The van der Waals surface area contributed by atoms with Gasteiger partial charge in [-0.1, -0.05) is 30.3 Å². The molecule has 0 amide bonds. The van der Waals surface area contributed by atoms with Crippen LogP contribution < -0.4 is 5.32 Å². The number of morpholine rings is 2. The summed E-state index contributed by atoms with van der Waals surface area (Å²) >= 11 is 0. The van der Waals surface area contributed by atoms with Crippen LogP contribution in [0.2, 0.25) is 0 Å². The van der Waals surface area contributed by atoms with Crippen LogP contribution >= 0.6 is 0 Å². The number of likely N-dealkylation sites (tertiary alicyclic amines) is 1. The molecule has 4 saturated heterocycles. The Morgan fingerprint density at radius 2 is 2.03 bits per heavy atom. The first-order chi connectivity index (χ1) is 15.3. The van der Waals surface area contributed by atoms with Crippen molar-refractivity contribution in [1.29, 1.82) is 0 Å². The summed E-state index contributed by atoms with van der Waals surface area (Å²) in [4.78, 5) is 12.6. The van der Waals surface area contributed by atoms with Gasteiger partial charge >= 0.3 is 0 Å². The molecule has 0 aromatic heterocycles. The van der Waals surface area contributed by atoms with Gasteiger partial charge in [0.25, 0.3) is 0 Å². The first-order valence-corrected chi connectivity index (χ1v) is 12.1. The standard InChI is InChI=1S/C24H37N5O2/c1-2-25-24(26-13-21-15-27-10-6-9-20(27)18-31-21)29-16-22-23(17-29)30-12-11-28(22)14-19-7-4-3-5-8-19/h3-5,7-8,20-23H,2,6,9-18H2,1H3,(H,25,26). The molecule has 4 fully saturated rings. The highest BCUT2D eigenvalue weighted by atomic mass is 16.5. The van der Waals surface area contributed by atoms with Crippen LogP contribution in [0.3, 0.4) is 0 Å². The Balaban J connectivity index is 1.22. The van der Waals surface area contributed by atoms with Crippen molar-refractivity contribution in [1.82, 2.24) is 20.0 Å². The number of hydrogen-bond donors (Lipinski definition) is 1. The van der Waals surface area contributed by atoms with Gasteiger partial charge in [-0.3, -0.25) is 14.8 Å². The van der Waals surface area contributed by atoms with Crippen molar-refractivity contribution in [3.63, 3.8) is 0 Å². The van der Waals surface area contributed by atoms with Crippen LogP contribution in [-0.4, -0.2) is 104 Å². The van der Waals surface area contributed by atoms with E-state index >= 15 is 0 Å². The summed E-state index contributed by atoms with van der Waals surface area (Å²) in [7, 11) is 0. The first kappa shape index (κ1) is 21.2. The molecule has 1 N–H and O–H groups in total. The van der Waals surface area contributed by atoms with E-state index in [1.54, 1.807) is 0 Å². The van der Waals surface area contributed by atoms with E-state index in [1.165, 1.54) is 24.9 Å². The Labute approximate surface area is 186 Å². The maximum atomic E-state index is 6.17. The average molecular weight is 428 g/mol. The summed E-state index contributed by atoms with van der Waals surface area (Å²) in [5, 5.41) is 3.52. The Morgan fingerprint density at radius 3 is 2.90 bits per heavy atom. The molecule has 170 valence electrons. The molecule has 5 rings (SSSR count). The molecular formula is C24H37N5O2. The highest BCUT2D eigenvalue weighted by Crippen LogP contribution is 2.25. The molecule has 0 aliphatic carbocycles. The second-order valence-electron chi connectivity index (χ2n) is 9.28. The van der Waals surface area contributed by atoms with Crippen LogP contribution in [-0.2, 0) is 16.0 Å². The lowest BCUT2D eigenvalue weighted by Crippen LogP contribution is -2.50. The van der Waals surface area contributed by atoms with Crippen LogP contribution in [0, 0.1) is 0 Å². The maximum Gasteiger partial charge on any atom is 0.194 e. The molecule has 4 unspecified atom stereocenters. The lowest BCUT2D eigenvalue weighted by molar-refractivity contribution is -0.0502. The number of benzene rings is 1. The van der Waals surface area contributed by atoms with Crippen molar-refractivity contribution in [2.45, 2.75) is 50.6 Å². The van der Waals surface area contributed by atoms with Crippen LogP contribution in [0.5, 0.6) is 0 Å². The third-order valence-electron chi connectivity index (χ3n) is 7.19. The second-order valence-corrected chi connectivity index (χ2v) is 9.28. The first-order valence-electron chi connectivity index (χ1n) is 12.1. The number of aliphatic imine (C=N–C) groups is 1. The second kappa shape index (κ2) is 9.86. The van der Waals surface area contributed by atoms with E-state index in [9.17, 15) is 0 Å². The van der Waals surface area contributed by atoms with Crippen molar-refractivity contribution < 1.29 is 9.47 Å². The van der Waals surface area contributed by atoms with Crippen molar-refractivity contribution in [3.8, 4) is 0 Å². The molecule has 1 aromatic carbocycles. The lowest BCUT2D eigenvalue weighted by Gasteiger charge is -2.36. The quantitative estimate of drug-likeness (QED) is 0.566. The number of fused-ring (bicyclic) bond motifs is 2. The average Bonchev–Trinajstić information content (AvgIpc) is 3.44. The smallest absolute Gasteiger partial charge is 0.194 e. The molecule has 4 heterocycles. The molecule has 4 atom stereocenters. The SMILES string of the molecule is CCNC(=NCC1CN2CCCC2CO1)N1CC2OCCN(Cc3ccccc3)C2C1. The van der Waals surface area contributed by atoms with E-state index in [2.05, 4.69) is 57.3 Å². The van der Waals surface area contributed by atoms with E-state index < -0.39 is 0 Å². The molecule has 0 bridgehead atoms. The third-order valence-corrected chi connectivity index (χ3v) is 7.19. The summed E-state index contributed by atoms with van der Waals surface area (Å²) in [6, 6.07) is 11.8. The summed E-state index contributed by atoms with van der Waals surface area (Å²) in [5.41, 5.74) is 1.37. The number of nitrogens with zero attached hydrogens (tertiary/aromatic N) is 4. The fraction of sp³-hybridized carbons (Fsp3) is 0.708. The number of nitrogens with one attached hydrogen (secondary N) is 1. The highest BCUT2D eigenvalue weighted by Gasteiger charge is 2.41. The predicted molar refractivity (Wildman–Crippen MR) is 122 cm³/mol. The van der Waals surface area contributed by atoms with Gasteiger partial charge < -0.3 is 19.7 Å². The van der Waals surface area contributed by atoms with E-state index in [-0.39, 0.29) is 12.2 Å². The fourth-order valence-corrected chi connectivity index (χ4v) is 5.56. The van der Waals surface area contributed by atoms with Crippen molar-refractivity contribution in [2.24, 2.45) is 4.99 Å². The zero-order chi connectivity index (χ0) is 21.0. The Kier molecular flexibility index (Phi) is 6.74. The molecule has 7 nitrogen and oxygen atoms in total. The van der Waals surface area contributed by atoms with E-state index in [1.807, 2.05) is 0 Å². The zero-order valence-corrected chi connectivity index (χ0v) is 18.8. The lowest BCUT2D eigenvalue weighted by atomic mass is 10.1.